The molecule has 3 aliphatic heterocycles. The van der Waals surface area contributed by atoms with E-state index in [2.05, 4.69) is 0 Å². The minimum Gasteiger partial charge on any atom is -0.508 e. The first-order valence-electron chi connectivity index (χ1n) is 19.2. The second-order valence-corrected chi connectivity index (χ2v) is 15.3. The van der Waals surface area contributed by atoms with Gasteiger partial charge >= 0.3 is 0 Å². The summed E-state index contributed by atoms with van der Waals surface area (Å²) < 4.78 is 29.7. The lowest BCUT2D eigenvalue weighted by Crippen LogP contribution is -2.30. The Balaban J connectivity index is 0.940. The van der Waals surface area contributed by atoms with E-state index in [0.717, 1.165) is 6.07 Å². The van der Waals surface area contributed by atoms with Crippen molar-refractivity contribution in [3.8, 4) is 92.0 Å². The van der Waals surface area contributed by atoms with E-state index < -0.39 is 76.9 Å². The molecule has 12 N–H and O–H groups in total. The normalized spacial score (nSPS) is 21.3. The highest BCUT2D eigenvalue weighted by Crippen LogP contribution is 2.50. The van der Waals surface area contributed by atoms with Gasteiger partial charge in [-0.3, -0.25) is 0 Å². The number of hydrogen-bond acceptors (Lipinski definition) is 17. The Morgan fingerprint density at radius 1 is 0.371 bits per heavy atom. The van der Waals surface area contributed by atoms with Crippen LogP contribution in [0.15, 0.2) is 84.9 Å². The number of aliphatic hydroxyl groups excluding tert-OH is 3. The molecule has 6 unspecified atom stereocenters. The molecule has 0 saturated heterocycles. The summed E-state index contributed by atoms with van der Waals surface area (Å²) in [7, 11) is 0. The molecule has 6 atom stereocenters. The first-order chi connectivity index (χ1) is 29.6. The Bertz CT molecular complexity index is 2750. The van der Waals surface area contributed by atoms with Crippen molar-refractivity contribution in [1.82, 2.24) is 0 Å². The number of rotatable bonds is 7. The number of phenolic OH excluding ortho intramolecular Hbond substituents is 9. The predicted octanol–water partition coefficient (Wildman–Crippen LogP) is 5.73. The standard InChI is InChI=1S/C45H38O17/c46-24-3-1-18-5-31(53)44(60-34(18)15-24)22-9-29(51)41(56)39(13-22)59-38-12-21-8-33(55)45(62-36(21)17-28(38)50)23-10-30(52)42(57)40(14-23)58-37-11-20-7-32(54)43(61-35(20)16-27(37)49)19-2-4-25(47)26(48)6-19/h1-4,6,9-17,31-33,43-57H,5,7-8H2. The van der Waals surface area contributed by atoms with Crippen molar-refractivity contribution in [3.63, 3.8) is 0 Å². The molecule has 0 aliphatic carbocycles. The number of fused-ring (bicyclic) bond motifs is 3. The van der Waals surface area contributed by atoms with Crippen molar-refractivity contribution in [1.29, 1.82) is 0 Å². The van der Waals surface area contributed by atoms with Crippen LogP contribution in [0.25, 0.3) is 0 Å². The molecule has 320 valence electrons. The van der Waals surface area contributed by atoms with Crippen LogP contribution in [0.3, 0.4) is 0 Å². The predicted molar refractivity (Wildman–Crippen MR) is 213 cm³/mol. The number of phenols is 9. The fourth-order valence-electron chi connectivity index (χ4n) is 7.89. The smallest absolute Gasteiger partial charge is 0.201 e. The van der Waals surface area contributed by atoms with Crippen molar-refractivity contribution >= 4 is 0 Å². The molecule has 0 saturated carbocycles. The molecule has 6 aromatic carbocycles. The van der Waals surface area contributed by atoms with Crippen molar-refractivity contribution in [2.24, 2.45) is 0 Å². The van der Waals surface area contributed by atoms with Crippen LogP contribution in [-0.2, 0) is 19.3 Å². The Morgan fingerprint density at radius 3 is 1.29 bits per heavy atom. The molecule has 3 heterocycles. The van der Waals surface area contributed by atoms with Gasteiger partial charge in [-0.25, -0.2) is 0 Å². The van der Waals surface area contributed by atoms with Crippen molar-refractivity contribution in [2.75, 3.05) is 0 Å². The summed E-state index contributed by atoms with van der Waals surface area (Å²) >= 11 is 0. The van der Waals surface area contributed by atoms with Crippen LogP contribution in [0, 0.1) is 0 Å². The van der Waals surface area contributed by atoms with Crippen molar-refractivity contribution in [2.45, 2.75) is 55.9 Å². The van der Waals surface area contributed by atoms with Gasteiger partial charge in [0, 0.05) is 59.7 Å². The van der Waals surface area contributed by atoms with Gasteiger partial charge in [0.1, 0.15) is 29.1 Å². The quantitative estimate of drug-likeness (QED) is 0.0854. The topological polar surface area (TPSA) is 289 Å². The third-order valence-corrected chi connectivity index (χ3v) is 11.0. The molecule has 0 spiro atoms. The van der Waals surface area contributed by atoms with Crippen LogP contribution in [0.5, 0.6) is 92.0 Å². The van der Waals surface area contributed by atoms with Gasteiger partial charge in [0.2, 0.25) is 11.5 Å². The highest BCUT2D eigenvalue weighted by Gasteiger charge is 2.36. The summed E-state index contributed by atoms with van der Waals surface area (Å²) in [4.78, 5) is 0. The number of benzene rings is 6. The summed E-state index contributed by atoms with van der Waals surface area (Å²) in [6.07, 6.45) is -6.53. The van der Waals surface area contributed by atoms with Crippen molar-refractivity contribution < 1.29 is 85.0 Å². The van der Waals surface area contributed by atoms with Crippen LogP contribution in [0.2, 0.25) is 0 Å². The van der Waals surface area contributed by atoms with Gasteiger partial charge < -0.3 is 85.0 Å². The minimum absolute atomic E-state index is 0.0223. The summed E-state index contributed by atoms with van der Waals surface area (Å²) in [5.74, 6) is -4.73. The number of ether oxygens (including phenoxy) is 5. The fourth-order valence-corrected chi connectivity index (χ4v) is 7.89. The van der Waals surface area contributed by atoms with Crippen molar-refractivity contribution in [3.05, 3.63) is 118 Å². The molecule has 0 radical (unpaired) electrons. The maximum absolute atomic E-state index is 11.3. The number of hydrogen-bond donors (Lipinski definition) is 12. The van der Waals surface area contributed by atoms with E-state index in [1.165, 1.54) is 72.8 Å². The molecular formula is C45H38O17. The molecule has 0 amide bonds. The monoisotopic (exact) mass is 850 g/mol. The molecule has 6 aromatic rings. The van der Waals surface area contributed by atoms with E-state index >= 15 is 0 Å². The first-order valence-corrected chi connectivity index (χ1v) is 19.2. The Kier molecular flexibility index (Phi) is 9.73. The van der Waals surface area contributed by atoms with E-state index in [9.17, 15) is 61.3 Å². The van der Waals surface area contributed by atoms with Gasteiger partial charge in [0.25, 0.3) is 0 Å². The molecule has 0 fully saturated rings. The Hall–Kier alpha value is -7.60. The molecule has 0 bridgehead atoms. The second kappa shape index (κ2) is 15.1. The molecule has 0 aromatic heterocycles. The average molecular weight is 851 g/mol. The lowest BCUT2D eigenvalue weighted by molar-refractivity contribution is 0.0202. The van der Waals surface area contributed by atoms with Crippen LogP contribution in [-0.4, -0.2) is 79.6 Å². The zero-order valence-corrected chi connectivity index (χ0v) is 32.1. The third-order valence-electron chi connectivity index (χ3n) is 11.0. The van der Waals surface area contributed by atoms with Crippen LogP contribution < -0.4 is 23.7 Å². The highest BCUT2D eigenvalue weighted by molar-refractivity contribution is 5.60. The van der Waals surface area contributed by atoms with Crippen LogP contribution in [0.1, 0.15) is 51.7 Å². The second-order valence-electron chi connectivity index (χ2n) is 15.3. The molecular weight excluding hydrogens is 812 g/mol. The SMILES string of the molecule is Oc1ccc2c(c1)OC(c1cc(O)c(O)c(Oc3cc4c(cc3O)OC(c3cc(O)c(O)c(Oc5cc6c(cc5O)OC(c5ccc(O)c(O)c5)C(O)C6)c3)C(O)C4)c1)C(O)C2. The Labute approximate surface area is 350 Å². The third kappa shape index (κ3) is 7.23. The minimum atomic E-state index is -1.29. The highest BCUT2D eigenvalue weighted by atomic mass is 16.5. The number of aromatic hydroxyl groups is 9. The van der Waals surface area contributed by atoms with E-state index in [0.29, 0.717) is 28.0 Å². The Morgan fingerprint density at radius 2 is 0.806 bits per heavy atom. The molecule has 9 rings (SSSR count). The molecule has 62 heavy (non-hydrogen) atoms. The van der Waals surface area contributed by atoms with Gasteiger partial charge in [-0.05, 0) is 65.7 Å². The average Bonchev–Trinajstić information content (AvgIpc) is 3.22. The lowest BCUT2D eigenvalue weighted by Gasteiger charge is -2.32. The largest absolute Gasteiger partial charge is 0.508 e. The van der Waals surface area contributed by atoms with E-state index in [4.69, 9.17) is 23.7 Å². The maximum atomic E-state index is 11.3. The first kappa shape index (κ1) is 39.8. The summed E-state index contributed by atoms with van der Waals surface area (Å²) in [5.41, 5.74) is 2.15. The summed E-state index contributed by atoms with van der Waals surface area (Å²) in [6, 6.07) is 18.6. The molecule has 3 aliphatic rings. The van der Waals surface area contributed by atoms with E-state index in [1.54, 1.807) is 6.07 Å². The van der Waals surface area contributed by atoms with Gasteiger partial charge in [-0.1, -0.05) is 12.1 Å². The van der Waals surface area contributed by atoms with Gasteiger partial charge in [-0.15, -0.1) is 0 Å². The van der Waals surface area contributed by atoms with Gasteiger partial charge in [-0.2, -0.15) is 0 Å². The molecule has 17 nitrogen and oxygen atoms in total. The van der Waals surface area contributed by atoms with Gasteiger partial charge in [0.15, 0.2) is 69.7 Å². The van der Waals surface area contributed by atoms with Gasteiger partial charge in [0.05, 0.1) is 18.3 Å². The van der Waals surface area contributed by atoms with E-state index in [1.807, 2.05) is 0 Å². The number of aliphatic hydroxyl groups is 3. The van der Waals surface area contributed by atoms with Crippen LogP contribution >= 0.6 is 0 Å². The summed E-state index contributed by atoms with van der Waals surface area (Å²) in [5, 5.41) is 127. The zero-order valence-electron chi connectivity index (χ0n) is 32.1. The van der Waals surface area contributed by atoms with Crippen LogP contribution in [0.4, 0.5) is 0 Å². The molecule has 17 heteroatoms. The fraction of sp³-hybridized carbons (Fsp3) is 0.200. The lowest BCUT2D eigenvalue weighted by atomic mass is 9.93. The maximum Gasteiger partial charge on any atom is 0.201 e. The van der Waals surface area contributed by atoms with E-state index in [-0.39, 0.29) is 76.4 Å². The summed E-state index contributed by atoms with van der Waals surface area (Å²) in [6.45, 7) is 0. The zero-order chi connectivity index (χ0) is 43.7.